The summed E-state index contributed by atoms with van der Waals surface area (Å²) in [5.41, 5.74) is 0. The van der Waals surface area contributed by atoms with Crippen LogP contribution < -0.4 is 0 Å². The Bertz CT molecular complexity index is 97.2. The normalized spacial score (nSPS) is 7.25. The third-order valence-electron chi connectivity index (χ3n) is 0. The number of rotatable bonds is 0. The van der Waals surface area contributed by atoms with Crippen molar-refractivity contribution in [3.8, 4) is 0 Å². The van der Waals surface area contributed by atoms with Gasteiger partial charge in [0.25, 0.3) is 0 Å². The van der Waals surface area contributed by atoms with Gasteiger partial charge in [-0.1, -0.05) is 0 Å². The van der Waals surface area contributed by atoms with E-state index in [2.05, 4.69) is 0 Å². The first-order chi connectivity index (χ1) is 2.00. The van der Waals surface area contributed by atoms with Crippen LogP contribution in [0.5, 0.6) is 0 Å². The Morgan fingerprint density at radius 3 is 1.00 bits per heavy atom. The Morgan fingerprint density at radius 1 is 1.00 bits per heavy atom. The van der Waals surface area contributed by atoms with Gasteiger partial charge in [-0.2, -0.15) is 8.42 Å². The van der Waals surface area contributed by atoms with Crippen LogP contribution in [0.2, 0.25) is 0 Å². The van der Waals surface area contributed by atoms with E-state index in [9.17, 15) is 0 Å². The summed E-state index contributed by atoms with van der Waals surface area (Å²) in [5, 5.41) is 0. The van der Waals surface area contributed by atoms with Crippen LogP contribution in [0, 0.1) is 0 Å². The molecule has 0 aromatic heterocycles. The largest absolute Gasteiger partial charge is 0.394 e. The predicted octanol–water partition coefficient (Wildman–Crippen LogP) is -0.236. The van der Waals surface area contributed by atoms with E-state index >= 15 is 0 Å². The fourth-order valence-electron chi connectivity index (χ4n) is 0. The first kappa shape index (κ1) is 22.9. The van der Waals surface area contributed by atoms with Crippen molar-refractivity contribution in [1.29, 1.82) is 0 Å². The van der Waals surface area contributed by atoms with Gasteiger partial charge in [0.1, 0.15) is 0 Å². The molecule has 8 heavy (non-hydrogen) atoms. The van der Waals surface area contributed by atoms with Gasteiger partial charge in [-0.05, 0) is 0 Å². The molecule has 2 radical (unpaired) electrons. The summed E-state index contributed by atoms with van der Waals surface area (Å²) < 4.78 is 31.6. The number of hydrogen-bond acceptors (Lipinski definition) is 2. The number of halogens is 1. The molecule has 0 saturated carbocycles. The van der Waals surface area contributed by atoms with E-state index in [1.807, 2.05) is 0 Å². The Labute approximate surface area is 74.4 Å². The van der Waals surface area contributed by atoms with Crippen molar-refractivity contribution >= 4 is 22.8 Å². The van der Waals surface area contributed by atoms with Crippen molar-refractivity contribution < 1.29 is 51.7 Å². The molecule has 0 aliphatic rings. The second kappa shape index (κ2) is 8.20. The molecular weight excluding hydrogens is 259 g/mol. The van der Waals surface area contributed by atoms with Gasteiger partial charge in [0.2, 0.25) is 0 Å². The maximum Gasteiger partial charge on any atom is 0.394 e. The SMILES string of the molecule is Cl.O=S(=O)(O)O.[Cu].[Cu]. The Balaban J connectivity index is -0.0000000267. The molecule has 8 heteroatoms. The summed E-state index contributed by atoms with van der Waals surface area (Å²) in [6.07, 6.45) is 0. The van der Waals surface area contributed by atoms with Crippen LogP contribution in [-0.2, 0) is 44.5 Å². The summed E-state index contributed by atoms with van der Waals surface area (Å²) in [6, 6.07) is 0. The second-order valence-electron chi connectivity index (χ2n) is 0.448. The van der Waals surface area contributed by atoms with Gasteiger partial charge in [0.15, 0.2) is 0 Å². The molecule has 62 valence electrons. The molecule has 0 fully saturated rings. The third kappa shape index (κ3) is 192. The molecule has 0 aromatic carbocycles. The topological polar surface area (TPSA) is 74.6 Å². The van der Waals surface area contributed by atoms with Crippen LogP contribution in [0.1, 0.15) is 0 Å². The van der Waals surface area contributed by atoms with Gasteiger partial charge < -0.3 is 0 Å². The van der Waals surface area contributed by atoms with Crippen LogP contribution >= 0.6 is 12.4 Å². The van der Waals surface area contributed by atoms with Gasteiger partial charge in [0, 0.05) is 34.1 Å². The fraction of sp³-hybridized carbons (Fsp3) is 0. The van der Waals surface area contributed by atoms with E-state index in [0.29, 0.717) is 0 Å². The average Bonchev–Trinajstić information content (AvgIpc) is 0.722. The smallest absolute Gasteiger partial charge is 0.264 e. The summed E-state index contributed by atoms with van der Waals surface area (Å²) in [7, 11) is -4.67. The molecule has 0 amide bonds. The number of hydrogen-bond donors (Lipinski definition) is 2. The average molecular weight is 262 g/mol. The molecule has 2 N–H and O–H groups in total. The minimum Gasteiger partial charge on any atom is -0.264 e. The van der Waals surface area contributed by atoms with Crippen molar-refractivity contribution in [2.45, 2.75) is 0 Å². The minimum absolute atomic E-state index is 0. The molecule has 0 unspecified atom stereocenters. The van der Waals surface area contributed by atoms with Crippen molar-refractivity contribution in [3.05, 3.63) is 0 Å². The van der Waals surface area contributed by atoms with Crippen molar-refractivity contribution in [2.24, 2.45) is 0 Å². The van der Waals surface area contributed by atoms with Gasteiger partial charge >= 0.3 is 10.4 Å². The summed E-state index contributed by atoms with van der Waals surface area (Å²) in [4.78, 5) is 0. The Kier molecular flexibility index (Phi) is 23.4. The molecule has 0 saturated heterocycles. The van der Waals surface area contributed by atoms with E-state index in [1.165, 1.54) is 0 Å². The molecule has 0 bridgehead atoms. The van der Waals surface area contributed by atoms with Crippen LogP contribution in [0.25, 0.3) is 0 Å². The van der Waals surface area contributed by atoms with E-state index in [1.54, 1.807) is 0 Å². The maximum absolute atomic E-state index is 8.74. The second-order valence-corrected chi connectivity index (χ2v) is 1.34. The zero-order valence-electron chi connectivity index (χ0n) is 3.13. The molecule has 4 nitrogen and oxygen atoms in total. The first-order valence-electron chi connectivity index (χ1n) is 0.698. The van der Waals surface area contributed by atoms with Gasteiger partial charge in [-0.15, -0.1) is 12.4 Å². The zero-order valence-corrected chi connectivity index (χ0v) is 6.65. The van der Waals surface area contributed by atoms with E-state index in [-0.39, 0.29) is 46.5 Å². The fourth-order valence-corrected chi connectivity index (χ4v) is 0. The molecule has 0 aromatic rings. The minimum atomic E-state index is -4.67. The maximum atomic E-state index is 8.74. The molecule has 0 spiro atoms. The molecule has 0 aliphatic carbocycles. The predicted molar refractivity (Wildman–Crippen MR) is 21.4 cm³/mol. The van der Waals surface area contributed by atoms with Crippen LogP contribution in [0.15, 0.2) is 0 Å². The Morgan fingerprint density at radius 2 is 1.00 bits per heavy atom. The van der Waals surface area contributed by atoms with E-state index in [0.717, 1.165) is 0 Å². The van der Waals surface area contributed by atoms with Gasteiger partial charge in [-0.25, -0.2) is 0 Å². The summed E-state index contributed by atoms with van der Waals surface area (Å²) >= 11 is 0. The zero-order chi connectivity index (χ0) is 4.50. The van der Waals surface area contributed by atoms with E-state index in [4.69, 9.17) is 17.5 Å². The van der Waals surface area contributed by atoms with Gasteiger partial charge in [0.05, 0.1) is 0 Å². The molecule has 0 heterocycles. The van der Waals surface area contributed by atoms with Gasteiger partial charge in [-0.3, -0.25) is 9.11 Å². The van der Waals surface area contributed by atoms with Crippen LogP contribution in [0.4, 0.5) is 0 Å². The van der Waals surface area contributed by atoms with Crippen molar-refractivity contribution in [2.75, 3.05) is 0 Å². The van der Waals surface area contributed by atoms with Crippen molar-refractivity contribution in [1.82, 2.24) is 0 Å². The molecular formula is H3ClCu2O4S. The Hall–Kier alpha value is 1.20. The first-order valence-corrected chi connectivity index (χ1v) is 2.10. The van der Waals surface area contributed by atoms with Crippen LogP contribution in [-0.4, -0.2) is 17.5 Å². The molecule has 0 atom stereocenters. The monoisotopic (exact) mass is 260 g/mol. The standard InChI is InChI=1S/ClH.2Cu.H2O4S/c;;;1-5(2,3)4/h1H;;;(H2,1,2,3,4). The summed E-state index contributed by atoms with van der Waals surface area (Å²) in [6.45, 7) is 0. The quantitative estimate of drug-likeness (QED) is 0.466. The van der Waals surface area contributed by atoms with Crippen LogP contribution in [0.3, 0.4) is 0 Å². The van der Waals surface area contributed by atoms with Crippen molar-refractivity contribution in [3.63, 3.8) is 0 Å². The molecule has 0 aliphatic heterocycles. The molecule has 0 rings (SSSR count). The third-order valence-corrected chi connectivity index (χ3v) is 0. The summed E-state index contributed by atoms with van der Waals surface area (Å²) in [5.74, 6) is 0. The van der Waals surface area contributed by atoms with E-state index < -0.39 is 10.4 Å².